The van der Waals surface area contributed by atoms with Crippen LogP contribution in [-0.4, -0.2) is 48.8 Å². The van der Waals surface area contributed by atoms with Gasteiger partial charge in [0, 0.05) is 41.8 Å². The maximum Gasteiger partial charge on any atom is 0.209 e. The third-order valence-corrected chi connectivity index (χ3v) is 6.76. The fourth-order valence-electron chi connectivity index (χ4n) is 4.99. The number of hydrogen-bond acceptors (Lipinski definition) is 5. The maximum atomic E-state index is 11.1. The molecule has 170 valence electrons. The van der Waals surface area contributed by atoms with Crippen molar-refractivity contribution >= 4 is 28.6 Å². The fraction of sp³-hybridized carbons (Fsp3) is 0.231. The topological polar surface area (TPSA) is 94.3 Å². The lowest BCUT2D eigenvalue weighted by Gasteiger charge is -2.28. The largest absolute Gasteiger partial charge is 0.382 e. The second-order valence-electron chi connectivity index (χ2n) is 8.89. The molecule has 0 spiro atoms. The Bertz CT molecular complexity index is 1480. The average Bonchev–Trinajstić information content (AvgIpc) is 3.46. The second kappa shape index (κ2) is 8.30. The lowest BCUT2D eigenvalue weighted by Crippen LogP contribution is -2.32. The average molecular weight is 452 g/mol. The van der Waals surface area contributed by atoms with Crippen LogP contribution in [0.3, 0.4) is 0 Å². The van der Waals surface area contributed by atoms with E-state index >= 15 is 0 Å². The zero-order chi connectivity index (χ0) is 23.1. The number of nitrogens with two attached hydrogens (primary N) is 1. The van der Waals surface area contributed by atoms with Gasteiger partial charge in [-0.1, -0.05) is 42.5 Å². The Morgan fingerprint density at radius 1 is 1.06 bits per heavy atom. The molecule has 6 rings (SSSR count). The van der Waals surface area contributed by atoms with E-state index in [1.165, 1.54) is 11.9 Å². The number of aromatic nitrogens is 5. The lowest BCUT2D eigenvalue weighted by atomic mass is 9.93. The van der Waals surface area contributed by atoms with E-state index in [-0.39, 0.29) is 0 Å². The van der Waals surface area contributed by atoms with Crippen molar-refractivity contribution in [3.63, 3.8) is 0 Å². The Morgan fingerprint density at radius 2 is 1.88 bits per heavy atom. The molecule has 0 saturated carbocycles. The smallest absolute Gasteiger partial charge is 0.209 e. The standard InChI is InChI=1S/C26H25N7O/c27-26-25-22(13-24(33(25)29-16-28-26)19-8-10-31(17-34)11-9-19)20-6-7-21-15-32(30-23(21)12-20)14-18-4-2-1-3-5-18/h1-7,12-13,15-17,19H,8-11,14H2,(H2,27,28,29). The first kappa shape index (κ1) is 20.4. The van der Waals surface area contributed by atoms with Crippen molar-refractivity contribution < 1.29 is 4.79 Å². The highest BCUT2D eigenvalue weighted by molar-refractivity contribution is 5.92. The monoisotopic (exact) mass is 451 g/mol. The van der Waals surface area contributed by atoms with Crippen LogP contribution < -0.4 is 5.73 Å². The summed E-state index contributed by atoms with van der Waals surface area (Å²) in [5.41, 5.74) is 12.5. The number of piperidine rings is 1. The third-order valence-electron chi connectivity index (χ3n) is 6.76. The number of carbonyl (C=O) groups is 1. The SMILES string of the molecule is Nc1ncnn2c(C3CCN(C=O)CC3)cc(-c3ccc4cn(Cc5ccccc5)nc4c3)c12. The van der Waals surface area contributed by atoms with Crippen LogP contribution in [0.15, 0.2) is 67.1 Å². The summed E-state index contributed by atoms with van der Waals surface area (Å²) in [6.45, 7) is 2.23. The summed E-state index contributed by atoms with van der Waals surface area (Å²) < 4.78 is 3.91. The summed E-state index contributed by atoms with van der Waals surface area (Å²) in [7, 11) is 0. The Kier molecular flexibility index (Phi) is 4.98. The number of rotatable bonds is 5. The highest BCUT2D eigenvalue weighted by Gasteiger charge is 2.25. The van der Waals surface area contributed by atoms with Crippen molar-refractivity contribution in [3.8, 4) is 11.1 Å². The van der Waals surface area contributed by atoms with Crippen molar-refractivity contribution in [2.75, 3.05) is 18.8 Å². The molecule has 3 aromatic heterocycles. The fourth-order valence-corrected chi connectivity index (χ4v) is 4.99. The molecule has 0 radical (unpaired) electrons. The van der Waals surface area contributed by atoms with Crippen LogP contribution in [0.1, 0.15) is 30.0 Å². The summed E-state index contributed by atoms with van der Waals surface area (Å²) in [5, 5.41) is 10.4. The molecule has 0 bridgehead atoms. The predicted molar refractivity (Wildman–Crippen MR) is 131 cm³/mol. The summed E-state index contributed by atoms with van der Waals surface area (Å²) in [4.78, 5) is 17.2. The van der Waals surface area contributed by atoms with Crippen LogP contribution in [0.4, 0.5) is 5.82 Å². The Balaban J connectivity index is 1.39. The quantitative estimate of drug-likeness (QED) is 0.411. The second-order valence-corrected chi connectivity index (χ2v) is 8.89. The number of carbonyl (C=O) groups excluding carboxylic acids is 1. The number of anilines is 1. The summed E-state index contributed by atoms with van der Waals surface area (Å²) >= 11 is 0. The molecule has 1 saturated heterocycles. The highest BCUT2D eigenvalue weighted by atomic mass is 16.1. The first-order valence-corrected chi connectivity index (χ1v) is 11.5. The van der Waals surface area contributed by atoms with Gasteiger partial charge in [-0.15, -0.1) is 0 Å². The molecule has 5 aromatic rings. The van der Waals surface area contributed by atoms with E-state index in [0.29, 0.717) is 11.7 Å². The van der Waals surface area contributed by atoms with Crippen molar-refractivity contribution in [2.24, 2.45) is 0 Å². The third kappa shape index (κ3) is 3.57. The molecule has 0 unspecified atom stereocenters. The summed E-state index contributed by atoms with van der Waals surface area (Å²) in [6.07, 6.45) is 6.32. The molecule has 1 amide bonds. The number of amides is 1. The summed E-state index contributed by atoms with van der Waals surface area (Å²) in [5.74, 6) is 0.761. The van der Waals surface area contributed by atoms with Crippen LogP contribution >= 0.6 is 0 Å². The molecule has 1 fully saturated rings. The van der Waals surface area contributed by atoms with Crippen LogP contribution in [-0.2, 0) is 11.3 Å². The molecule has 0 aliphatic carbocycles. The van der Waals surface area contributed by atoms with Gasteiger partial charge in [0.15, 0.2) is 5.82 Å². The molecule has 2 N–H and O–H groups in total. The number of nitrogens with zero attached hydrogens (tertiary/aromatic N) is 6. The number of fused-ring (bicyclic) bond motifs is 2. The van der Waals surface area contributed by atoms with Gasteiger partial charge in [-0.2, -0.15) is 10.2 Å². The molecule has 8 nitrogen and oxygen atoms in total. The van der Waals surface area contributed by atoms with Crippen molar-refractivity contribution in [1.29, 1.82) is 0 Å². The highest BCUT2D eigenvalue weighted by Crippen LogP contribution is 2.37. The van der Waals surface area contributed by atoms with Crippen LogP contribution in [0, 0.1) is 0 Å². The molecule has 8 heteroatoms. The molecular formula is C26H25N7O. The number of hydrogen-bond donors (Lipinski definition) is 1. The molecule has 1 aliphatic rings. The minimum Gasteiger partial charge on any atom is -0.382 e. The minimum atomic E-state index is 0.306. The van der Waals surface area contributed by atoms with Gasteiger partial charge >= 0.3 is 0 Å². The van der Waals surface area contributed by atoms with Crippen molar-refractivity contribution in [3.05, 3.63) is 78.4 Å². The number of nitrogen functional groups attached to an aromatic ring is 1. The first-order chi connectivity index (χ1) is 16.7. The van der Waals surface area contributed by atoms with Gasteiger partial charge in [0.1, 0.15) is 11.8 Å². The van der Waals surface area contributed by atoms with E-state index in [1.54, 1.807) is 0 Å². The molecule has 4 heterocycles. The molecule has 34 heavy (non-hydrogen) atoms. The number of benzene rings is 2. The van der Waals surface area contributed by atoms with E-state index in [9.17, 15) is 4.79 Å². The van der Waals surface area contributed by atoms with Gasteiger partial charge in [-0.05, 0) is 36.1 Å². The van der Waals surface area contributed by atoms with Gasteiger partial charge < -0.3 is 10.6 Å². The van der Waals surface area contributed by atoms with Gasteiger partial charge in [-0.25, -0.2) is 9.50 Å². The van der Waals surface area contributed by atoms with Crippen molar-refractivity contribution in [2.45, 2.75) is 25.3 Å². The van der Waals surface area contributed by atoms with Crippen molar-refractivity contribution in [1.82, 2.24) is 29.3 Å². The number of likely N-dealkylation sites (tertiary alicyclic amines) is 1. The van der Waals surface area contributed by atoms with Crippen LogP contribution in [0.25, 0.3) is 27.5 Å². The normalized spacial score (nSPS) is 14.8. The zero-order valence-corrected chi connectivity index (χ0v) is 18.7. The van der Waals surface area contributed by atoms with Crippen LogP contribution in [0.2, 0.25) is 0 Å². The van der Waals surface area contributed by atoms with Gasteiger partial charge in [-0.3, -0.25) is 9.48 Å². The Hall–Kier alpha value is -4.20. The van der Waals surface area contributed by atoms with E-state index in [2.05, 4.69) is 52.7 Å². The van der Waals surface area contributed by atoms with E-state index in [4.69, 9.17) is 10.8 Å². The van der Waals surface area contributed by atoms with Gasteiger partial charge in [0.25, 0.3) is 0 Å². The van der Waals surface area contributed by atoms with E-state index in [1.807, 2.05) is 32.3 Å². The summed E-state index contributed by atoms with van der Waals surface area (Å²) in [6, 6.07) is 18.8. The molecule has 0 atom stereocenters. The van der Waals surface area contributed by atoms with Gasteiger partial charge in [0.05, 0.1) is 12.1 Å². The zero-order valence-electron chi connectivity index (χ0n) is 18.7. The van der Waals surface area contributed by atoms with E-state index in [0.717, 1.165) is 72.1 Å². The Morgan fingerprint density at radius 3 is 2.68 bits per heavy atom. The lowest BCUT2D eigenvalue weighted by molar-refractivity contribution is -0.119. The molecule has 1 aliphatic heterocycles. The maximum absolute atomic E-state index is 11.1. The molecular weight excluding hydrogens is 426 g/mol. The minimum absolute atomic E-state index is 0.306. The van der Waals surface area contributed by atoms with Gasteiger partial charge in [0.2, 0.25) is 6.41 Å². The first-order valence-electron chi connectivity index (χ1n) is 11.5. The predicted octanol–water partition coefficient (Wildman–Crippen LogP) is 3.71. The van der Waals surface area contributed by atoms with E-state index < -0.39 is 0 Å². The Labute approximate surface area is 196 Å². The molecule has 2 aromatic carbocycles. The van der Waals surface area contributed by atoms with Crippen LogP contribution in [0.5, 0.6) is 0 Å².